The van der Waals surface area contributed by atoms with E-state index in [9.17, 15) is 20.4 Å². The van der Waals surface area contributed by atoms with Crippen molar-refractivity contribution in [1.82, 2.24) is 0 Å². The summed E-state index contributed by atoms with van der Waals surface area (Å²) in [6.45, 7) is -2.59. The zero-order valence-corrected chi connectivity index (χ0v) is 34.4. The maximum absolute atomic E-state index is 11.2. The first kappa shape index (κ1) is 40.4. The Kier molecular flexibility index (Phi) is 11.3. The first-order chi connectivity index (χ1) is 28.5. The molecule has 0 spiro atoms. The number of phenolic OH excluding ortho intramolecular Hbond substituents is 4. The number of phenols is 4. The van der Waals surface area contributed by atoms with E-state index in [4.69, 9.17) is 23.5 Å². The molecule has 7 aromatic rings. The van der Waals surface area contributed by atoms with Gasteiger partial charge in [0.25, 0.3) is 0 Å². The van der Waals surface area contributed by atoms with Gasteiger partial charge in [0.15, 0.2) is 0 Å². The van der Waals surface area contributed by atoms with E-state index in [1.807, 2.05) is 116 Å². The molecular weight excluding hydrogens is 764 g/mol. The van der Waals surface area contributed by atoms with Gasteiger partial charge in [-0.1, -0.05) is 0 Å². The summed E-state index contributed by atoms with van der Waals surface area (Å²) in [7, 11) is 6.52. The van der Waals surface area contributed by atoms with Gasteiger partial charge in [-0.15, -0.1) is 0 Å². The average Bonchev–Trinajstić information content (AvgIpc) is 3.26. The molecule has 0 aliphatic carbocycles. The van der Waals surface area contributed by atoms with Gasteiger partial charge in [0, 0.05) is 0 Å². The van der Waals surface area contributed by atoms with E-state index in [1.165, 1.54) is 12.1 Å². The molecule has 0 unspecified atom stereocenters. The van der Waals surface area contributed by atoms with Crippen molar-refractivity contribution in [3.63, 3.8) is 0 Å². The second-order valence-corrected chi connectivity index (χ2v) is 18.6. The Hall–Kier alpha value is -6.83. The van der Waals surface area contributed by atoms with Crippen molar-refractivity contribution in [3.8, 4) is 51.7 Å². The van der Waals surface area contributed by atoms with Crippen LogP contribution in [0.15, 0.2) is 146 Å². The predicted molar refractivity (Wildman–Crippen MR) is 234 cm³/mol. The van der Waals surface area contributed by atoms with Crippen LogP contribution in [0.2, 0.25) is 0 Å². The Morgan fingerprint density at radius 1 is 0.390 bits per heavy atom. The Morgan fingerprint density at radius 2 is 0.695 bits per heavy atom. The Morgan fingerprint density at radius 3 is 0.966 bits per heavy atom. The molecule has 0 amide bonds. The van der Waals surface area contributed by atoms with Crippen molar-refractivity contribution in [3.05, 3.63) is 173 Å². The molecule has 0 aliphatic rings. The first-order valence-electron chi connectivity index (χ1n) is 19.0. The summed E-state index contributed by atoms with van der Waals surface area (Å²) in [5.41, 5.74) is 3.55. The summed E-state index contributed by atoms with van der Waals surface area (Å²) in [5.74, 6) is 2.91. The summed E-state index contributed by atoms with van der Waals surface area (Å²) >= 11 is 0. The second kappa shape index (κ2) is 16.6. The van der Waals surface area contributed by atoms with Gasteiger partial charge in [-0.25, -0.2) is 0 Å². The van der Waals surface area contributed by atoms with Crippen LogP contribution in [0.5, 0.6) is 51.7 Å². The zero-order valence-electron chi connectivity index (χ0n) is 33.5. The van der Waals surface area contributed by atoms with Crippen molar-refractivity contribution < 1.29 is 43.9 Å². The minimum absolute atomic E-state index is 0.0570. The quantitative estimate of drug-likeness (QED) is 0.0805. The molecule has 0 fully saturated rings. The van der Waals surface area contributed by atoms with Gasteiger partial charge in [-0.2, -0.15) is 0 Å². The van der Waals surface area contributed by atoms with Crippen molar-refractivity contribution in [2.24, 2.45) is 0 Å². The molecule has 302 valence electrons. The average molecular weight is 811 g/mol. The van der Waals surface area contributed by atoms with Gasteiger partial charge >= 0.3 is 345 Å². The molecule has 0 saturated heterocycles. The summed E-state index contributed by atoms with van der Waals surface area (Å²) in [5, 5.41) is 46.2. The SMILES string of the molecule is COc1ccc(P(Oc2c(Cc3ccc(O)cc3O)cc(C)cc2Cc2ccc(O)cc2O)(c2ccc(OC)cc2)(c2ccc(OC)cc2)c2ccc(OC)cc2)cc1. The van der Waals surface area contributed by atoms with Crippen molar-refractivity contribution in [1.29, 1.82) is 0 Å². The third kappa shape index (κ3) is 7.41. The van der Waals surface area contributed by atoms with Crippen LogP contribution in [0.1, 0.15) is 27.8 Å². The molecule has 7 aromatic carbocycles. The molecule has 9 nitrogen and oxygen atoms in total. The second-order valence-electron chi connectivity index (χ2n) is 14.3. The fourth-order valence-corrected chi connectivity index (χ4v) is 13.6. The maximum atomic E-state index is 11.2. The summed E-state index contributed by atoms with van der Waals surface area (Å²) in [4.78, 5) is 0. The van der Waals surface area contributed by atoms with E-state index in [1.54, 1.807) is 52.7 Å². The number of methoxy groups -OCH3 is 4. The number of aromatic hydroxyl groups is 4. The Balaban J connectivity index is 1.68. The monoisotopic (exact) mass is 810 g/mol. The fourth-order valence-electron chi connectivity index (χ4n) is 7.88. The van der Waals surface area contributed by atoms with Crippen molar-refractivity contribution >= 4 is 28.0 Å². The van der Waals surface area contributed by atoms with Gasteiger partial charge < -0.3 is 0 Å². The van der Waals surface area contributed by atoms with Gasteiger partial charge in [0.1, 0.15) is 0 Å². The fraction of sp³-hybridized carbons (Fsp3) is 0.143. The number of rotatable bonds is 14. The van der Waals surface area contributed by atoms with Gasteiger partial charge in [-0.05, 0) is 0 Å². The van der Waals surface area contributed by atoms with Gasteiger partial charge in [0.2, 0.25) is 0 Å². The Bertz CT molecular complexity index is 2290. The van der Waals surface area contributed by atoms with Crippen molar-refractivity contribution in [2.45, 2.75) is 19.8 Å². The molecule has 0 heterocycles. The number of aryl methyl sites for hydroxylation is 1. The molecule has 0 saturated carbocycles. The summed E-state index contributed by atoms with van der Waals surface area (Å²) in [6.07, 6.45) is 0.446. The van der Waals surface area contributed by atoms with E-state index in [-0.39, 0.29) is 35.8 Å². The van der Waals surface area contributed by atoms with Gasteiger partial charge in [-0.3, -0.25) is 0 Å². The molecule has 0 aromatic heterocycles. The van der Waals surface area contributed by atoms with E-state index in [2.05, 4.69) is 0 Å². The van der Waals surface area contributed by atoms with Crippen LogP contribution < -0.4 is 44.7 Å². The molecular formula is C49H47O9P. The van der Waals surface area contributed by atoms with Crippen LogP contribution in [0.25, 0.3) is 0 Å². The molecule has 0 bridgehead atoms. The summed E-state index contributed by atoms with van der Waals surface area (Å²) < 4.78 is 31.1. The predicted octanol–water partition coefficient (Wildman–Crippen LogP) is 8.18. The third-order valence-corrected chi connectivity index (χ3v) is 16.5. The molecule has 0 radical (unpaired) electrons. The van der Waals surface area contributed by atoms with Crippen LogP contribution in [0.4, 0.5) is 0 Å². The number of hydrogen-bond acceptors (Lipinski definition) is 9. The normalized spacial score (nSPS) is 11.9. The molecule has 59 heavy (non-hydrogen) atoms. The molecule has 10 heteroatoms. The van der Waals surface area contributed by atoms with Crippen LogP contribution in [0, 0.1) is 6.92 Å². The van der Waals surface area contributed by atoms with Crippen molar-refractivity contribution in [2.75, 3.05) is 28.4 Å². The minimum atomic E-state index is -4.58. The first-order valence-corrected chi connectivity index (χ1v) is 21.1. The topological polar surface area (TPSA) is 127 Å². The standard InChI is InChI=1S/C49H47O9P/c1-32-26-35(28-33-6-8-37(50)30-47(33)52)49(36(27-32)29-34-7-9-38(51)31-48(34)53)58-59(43-18-10-39(54-2)11-19-43,44-20-12-40(55-3)13-21-44,45-22-14-41(56-4)15-23-45)46-24-16-42(57-5)17-25-46/h6-27,30-31,50-53H,28-29H2,1-5H3. The van der Waals surface area contributed by atoms with E-state index >= 15 is 0 Å². The number of ether oxygens (including phenoxy) is 4. The Labute approximate surface area is 344 Å². The molecule has 0 atom stereocenters. The van der Waals surface area contributed by atoms with Crippen LogP contribution in [0.3, 0.4) is 0 Å². The van der Waals surface area contributed by atoms with E-state index < -0.39 is 6.83 Å². The third-order valence-electron chi connectivity index (χ3n) is 10.8. The molecule has 7 rings (SSSR count). The van der Waals surface area contributed by atoms with Crippen LogP contribution in [-0.2, 0) is 12.8 Å². The van der Waals surface area contributed by atoms with E-state index in [0.717, 1.165) is 37.9 Å². The van der Waals surface area contributed by atoms with Crippen LogP contribution in [-0.4, -0.2) is 48.9 Å². The zero-order chi connectivity index (χ0) is 41.8. The summed E-state index contributed by atoms with van der Waals surface area (Å²) in [6, 6.07) is 45.0. The van der Waals surface area contributed by atoms with E-state index in [0.29, 0.717) is 39.9 Å². The van der Waals surface area contributed by atoms with Crippen LogP contribution >= 0.6 is 6.83 Å². The number of benzene rings is 7. The molecule has 0 aliphatic heterocycles. The van der Waals surface area contributed by atoms with Gasteiger partial charge in [0.05, 0.1) is 0 Å². The molecule has 4 N–H and O–H groups in total. The number of hydrogen-bond donors (Lipinski definition) is 4.